The van der Waals surface area contributed by atoms with Gasteiger partial charge in [0.15, 0.2) is 0 Å². The van der Waals surface area contributed by atoms with E-state index < -0.39 is 24.1 Å². The molecule has 0 aliphatic carbocycles. The summed E-state index contributed by atoms with van der Waals surface area (Å²) in [5.41, 5.74) is 0. The molecule has 0 aromatic rings. The SMILES string of the molecule is CCOC(=O)C(NC(C)=O)OC(C)=O. The maximum Gasteiger partial charge on any atom is 0.369 e. The third-order valence-electron chi connectivity index (χ3n) is 1.12. The molecule has 0 aliphatic heterocycles. The van der Waals surface area contributed by atoms with Crippen LogP contribution in [-0.4, -0.2) is 30.7 Å². The van der Waals surface area contributed by atoms with E-state index in [1.807, 2.05) is 0 Å². The van der Waals surface area contributed by atoms with E-state index in [1.165, 1.54) is 6.92 Å². The van der Waals surface area contributed by atoms with Gasteiger partial charge in [0.25, 0.3) is 6.23 Å². The molecule has 6 heteroatoms. The Kier molecular flexibility index (Phi) is 5.28. The van der Waals surface area contributed by atoms with Crippen LogP contribution in [0.1, 0.15) is 20.8 Å². The molecule has 0 aromatic heterocycles. The maximum atomic E-state index is 11.1. The number of amides is 1. The van der Waals surface area contributed by atoms with E-state index in [0.29, 0.717) is 0 Å². The second-order valence-electron chi connectivity index (χ2n) is 2.44. The molecule has 0 heterocycles. The summed E-state index contributed by atoms with van der Waals surface area (Å²) in [6.07, 6.45) is -1.36. The molecule has 1 unspecified atom stereocenters. The van der Waals surface area contributed by atoms with E-state index in [1.54, 1.807) is 6.92 Å². The van der Waals surface area contributed by atoms with Crippen LogP contribution >= 0.6 is 0 Å². The summed E-state index contributed by atoms with van der Waals surface area (Å²) in [5, 5.41) is 2.14. The molecule has 0 aromatic carbocycles. The fourth-order valence-corrected chi connectivity index (χ4v) is 0.705. The van der Waals surface area contributed by atoms with Crippen molar-refractivity contribution in [3.63, 3.8) is 0 Å². The van der Waals surface area contributed by atoms with Gasteiger partial charge in [-0.15, -0.1) is 0 Å². The first-order valence-electron chi connectivity index (χ1n) is 4.08. The van der Waals surface area contributed by atoms with Crippen molar-refractivity contribution in [1.29, 1.82) is 0 Å². The van der Waals surface area contributed by atoms with E-state index in [9.17, 15) is 14.4 Å². The number of carbonyl (C=O) groups is 3. The smallest absolute Gasteiger partial charge is 0.369 e. The minimum atomic E-state index is -1.36. The van der Waals surface area contributed by atoms with Crippen molar-refractivity contribution in [2.45, 2.75) is 27.0 Å². The molecule has 1 N–H and O–H groups in total. The van der Waals surface area contributed by atoms with Gasteiger partial charge in [0, 0.05) is 13.8 Å². The van der Waals surface area contributed by atoms with Gasteiger partial charge in [-0.2, -0.15) is 0 Å². The van der Waals surface area contributed by atoms with Crippen LogP contribution in [0.15, 0.2) is 0 Å². The van der Waals surface area contributed by atoms with Crippen molar-refractivity contribution in [1.82, 2.24) is 5.32 Å². The number of rotatable bonds is 4. The monoisotopic (exact) mass is 203 g/mol. The van der Waals surface area contributed by atoms with Crippen molar-refractivity contribution in [2.24, 2.45) is 0 Å². The highest BCUT2D eigenvalue weighted by Crippen LogP contribution is 1.93. The molecule has 0 radical (unpaired) electrons. The Labute approximate surface area is 81.6 Å². The molecule has 0 spiro atoms. The second-order valence-corrected chi connectivity index (χ2v) is 2.44. The topological polar surface area (TPSA) is 81.7 Å². The highest BCUT2D eigenvalue weighted by Gasteiger charge is 2.23. The van der Waals surface area contributed by atoms with Gasteiger partial charge in [0.05, 0.1) is 6.61 Å². The van der Waals surface area contributed by atoms with Gasteiger partial charge in [-0.3, -0.25) is 9.59 Å². The lowest BCUT2D eigenvalue weighted by Crippen LogP contribution is -2.43. The zero-order valence-corrected chi connectivity index (χ0v) is 8.33. The fraction of sp³-hybridized carbons (Fsp3) is 0.625. The first-order chi connectivity index (χ1) is 6.47. The Morgan fingerprint density at radius 3 is 2.21 bits per heavy atom. The number of ether oxygens (including phenoxy) is 2. The standard InChI is InChI=1S/C8H13NO5/c1-4-13-8(12)7(9-5(2)10)14-6(3)11/h7H,4H2,1-3H3,(H,9,10). The molecule has 1 atom stereocenters. The maximum absolute atomic E-state index is 11.1. The molecule has 0 fully saturated rings. The predicted octanol–water partition coefficient (Wildman–Crippen LogP) is -0.425. The van der Waals surface area contributed by atoms with Gasteiger partial charge in [-0.1, -0.05) is 0 Å². The summed E-state index contributed by atoms with van der Waals surface area (Å²) < 4.78 is 9.10. The third-order valence-corrected chi connectivity index (χ3v) is 1.12. The van der Waals surface area contributed by atoms with E-state index in [-0.39, 0.29) is 6.61 Å². The van der Waals surface area contributed by atoms with E-state index in [2.05, 4.69) is 14.8 Å². The van der Waals surface area contributed by atoms with E-state index in [4.69, 9.17) is 0 Å². The summed E-state index contributed by atoms with van der Waals surface area (Å²) in [7, 11) is 0. The molecule has 80 valence electrons. The van der Waals surface area contributed by atoms with Gasteiger partial charge >= 0.3 is 11.9 Å². The number of carbonyl (C=O) groups excluding carboxylic acids is 3. The lowest BCUT2D eigenvalue weighted by atomic mass is 10.5. The Hall–Kier alpha value is -1.59. The van der Waals surface area contributed by atoms with Gasteiger partial charge < -0.3 is 14.8 Å². The molecule has 0 saturated heterocycles. The van der Waals surface area contributed by atoms with Crippen LogP contribution in [-0.2, 0) is 23.9 Å². The average molecular weight is 203 g/mol. The molecule has 14 heavy (non-hydrogen) atoms. The van der Waals surface area contributed by atoms with Gasteiger partial charge in [0.2, 0.25) is 5.91 Å². The summed E-state index contributed by atoms with van der Waals surface area (Å²) in [4.78, 5) is 32.3. The molecule has 6 nitrogen and oxygen atoms in total. The van der Waals surface area contributed by atoms with Gasteiger partial charge in [-0.25, -0.2) is 4.79 Å². The highest BCUT2D eigenvalue weighted by molar-refractivity contribution is 5.84. The van der Waals surface area contributed by atoms with Crippen LogP contribution in [0.3, 0.4) is 0 Å². The molecule has 0 saturated carbocycles. The van der Waals surface area contributed by atoms with Crippen LogP contribution in [0.5, 0.6) is 0 Å². The molecule has 0 aliphatic rings. The van der Waals surface area contributed by atoms with Crippen LogP contribution in [0, 0.1) is 0 Å². The Morgan fingerprint density at radius 2 is 1.86 bits per heavy atom. The van der Waals surface area contributed by atoms with Crippen molar-refractivity contribution in [3.8, 4) is 0 Å². The number of hydrogen-bond donors (Lipinski definition) is 1. The van der Waals surface area contributed by atoms with Crippen LogP contribution < -0.4 is 5.32 Å². The van der Waals surface area contributed by atoms with E-state index >= 15 is 0 Å². The van der Waals surface area contributed by atoms with Crippen molar-refractivity contribution in [2.75, 3.05) is 6.61 Å². The van der Waals surface area contributed by atoms with Crippen LogP contribution in [0.2, 0.25) is 0 Å². The number of hydrogen-bond acceptors (Lipinski definition) is 5. The Balaban J connectivity index is 4.29. The van der Waals surface area contributed by atoms with Crippen molar-refractivity contribution < 1.29 is 23.9 Å². The lowest BCUT2D eigenvalue weighted by Gasteiger charge is -2.15. The highest BCUT2D eigenvalue weighted by atomic mass is 16.6. The average Bonchev–Trinajstić information content (AvgIpc) is 2.01. The molecular formula is C8H13NO5. The van der Waals surface area contributed by atoms with Crippen molar-refractivity contribution in [3.05, 3.63) is 0 Å². The predicted molar refractivity (Wildman–Crippen MR) is 46.0 cm³/mol. The summed E-state index contributed by atoms with van der Waals surface area (Å²) in [6.45, 7) is 4.09. The normalized spacial score (nSPS) is 11.4. The largest absolute Gasteiger partial charge is 0.462 e. The second kappa shape index (κ2) is 5.95. The Bertz CT molecular complexity index is 222. The van der Waals surface area contributed by atoms with Crippen LogP contribution in [0.25, 0.3) is 0 Å². The summed E-state index contributed by atoms with van der Waals surface area (Å²) in [5.74, 6) is -1.95. The van der Waals surface area contributed by atoms with Crippen molar-refractivity contribution >= 4 is 17.8 Å². The summed E-state index contributed by atoms with van der Waals surface area (Å²) >= 11 is 0. The zero-order chi connectivity index (χ0) is 11.1. The van der Waals surface area contributed by atoms with E-state index in [0.717, 1.165) is 6.92 Å². The van der Waals surface area contributed by atoms with Crippen LogP contribution in [0.4, 0.5) is 0 Å². The zero-order valence-electron chi connectivity index (χ0n) is 8.33. The lowest BCUT2D eigenvalue weighted by molar-refractivity contribution is -0.169. The molecule has 1 amide bonds. The fourth-order valence-electron chi connectivity index (χ4n) is 0.705. The molecular weight excluding hydrogens is 190 g/mol. The first kappa shape index (κ1) is 12.4. The molecule has 0 bridgehead atoms. The minimum absolute atomic E-state index is 0.149. The minimum Gasteiger partial charge on any atom is -0.462 e. The summed E-state index contributed by atoms with van der Waals surface area (Å²) in [6, 6.07) is 0. The number of nitrogens with one attached hydrogen (secondary N) is 1. The first-order valence-corrected chi connectivity index (χ1v) is 4.08. The Morgan fingerprint density at radius 1 is 1.29 bits per heavy atom. The van der Waals surface area contributed by atoms with Gasteiger partial charge in [-0.05, 0) is 6.92 Å². The number of esters is 2. The van der Waals surface area contributed by atoms with Gasteiger partial charge in [0.1, 0.15) is 0 Å². The third kappa shape index (κ3) is 5.13. The molecule has 0 rings (SSSR count). The quantitative estimate of drug-likeness (QED) is 0.495.